The van der Waals surface area contributed by atoms with Crippen molar-refractivity contribution in [3.8, 4) is 11.5 Å². The fourth-order valence-electron chi connectivity index (χ4n) is 2.98. The molecule has 1 aliphatic rings. The highest BCUT2D eigenvalue weighted by molar-refractivity contribution is 7.80. The van der Waals surface area contributed by atoms with Gasteiger partial charge in [-0.1, -0.05) is 36.0 Å². The van der Waals surface area contributed by atoms with Gasteiger partial charge in [-0.25, -0.2) is 4.39 Å². The van der Waals surface area contributed by atoms with Crippen LogP contribution in [-0.2, 0) is 6.61 Å². The standard InChI is InChI=1S/C20H21ClFNO2S/c1-2-24-18-12-15(20(26)23-8-3-4-9-23)11-17(21)19(18)25-13-14-6-5-7-16(22)10-14/h5-7,10-12H,2-4,8-9,13H2,1H3. The van der Waals surface area contributed by atoms with E-state index in [4.69, 9.17) is 33.3 Å². The van der Waals surface area contributed by atoms with Gasteiger partial charge in [0.2, 0.25) is 0 Å². The van der Waals surface area contributed by atoms with Crippen LogP contribution in [0.15, 0.2) is 36.4 Å². The molecule has 1 aliphatic heterocycles. The maximum Gasteiger partial charge on any atom is 0.180 e. The largest absolute Gasteiger partial charge is 0.490 e. The van der Waals surface area contributed by atoms with Crippen molar-refractivity contribution in [3.63, 3.8) is 0 Å². The molecule has 0 N–H and O–H groups in total. The maximum absolute atomic E-state index is 13.3. The van der Waals surface area contributed by atoms with Crippen molar-refractivity contribution in [3.05, 3.63) is 58.4 Å². The molecule has 3 rings (SSSR count). The summed E-state index contributed by atoms with van der Waals surface area (Å²) in [5.74, 6) is 0.701. The maximum atomic E-state index is 13.3. The van der Waals surface area contributed by atoms with Crippen LogP contribution in [-0.4, -0.2) is 29.6 Å². The summed E-state index contributed by atoms with van der Waals surface area (Å²) in [6.07, 6.45) is 2.31. The topological polar surface area (TPSA) is 21.7 Å². The number of thiocarbonyl (C=S) groups is 1. The molecule has 2 aromatic rings. The number of likely N-dealkylation sites (tertiary alicyclic amines) is 1. The van der Waals surface area contributed by atoms with Crippen molar-refractivity contribution in [1.29, 1.82) is 0 Å². The Morgan fingerprint density at radius 3 is 2.65 bits per heavy atom. The summed E-state index contributed by atoms with van der Waals surface area (Å²) in [7, 11) is 0. The molecule has 1 fully saturated rings. The zero-order valence-electron chi connectivity index (χ0n) is 14.6. The quantitative estimate of drug-likeness (QED) is 0.626. The molecular weight excluding hydrogens is 373 g/mol. The van der Waals surface area contributed by atoms with Crippen LogP contribution in [0.2, 0.25) is 5.02 Å². The Labute approximate surface area is 163 Å². The lowest BCUT2D eigenvalue weighted by Crippen LogP contribution is -2.26. The van der Waals surface area contributed by atoms with E-state index in [1.165, 1.54) is 12.1 Å². The molecule has 0 spiro atoms. The van der Waals surface area contributed by atoms with Crippen molar-refractivity contribution >= 4 is 28.8 Å². The van der Waals surface area contributed by atoms with Crippen LogP contribution in [0.5, 0.6) is 11.5 Å². The number of nitrogens with zero attached hydrogens (tertiary/aromatic N) is 1. The van der Waals surface area contributed by atoms with Gasteiger partial charge in [0.15, 0.2) is 11.5 Å². The van der Waals surface area contributed by atoms with Crippen LogP contribution in [0.1, 0.15) is 30.9 Å². The number of halogens is 2. The fraction of sp³-hybridized carbons (Fsp3) is 0.350. The minimum absolute atomic E-state index is 0.202. The lowest BCUT2D eigenvalue weighted by Gasteiger charge is -2.21. The van der Waals surface area contributed by atoms with Crippen LogP contribution in [0.4, 0.5) is 4.39 Å². The summed E-state index contributed by atoms with van der Waals surface area (Å²) in [5.41, 5.74) is 1.58. The summed E-state index contributed by atoms with van der Waals surface area (Å²) in [6, 6.07) is 9.97. The van der Waals surface area contributed by atoms with Gasteiger partial charge < -0.3 is 14.4 Å². The minimum atomic E-state index is -0.298. The van der Waals surface area contributed by atoms with Crippen LogP contribution >= 0.6 is 23.8 Å². The molecule has 0 aliphatic carbocycles. The predicted molar refractivity (Wildman–Crippen MR) is 106 cm³/mol. The van der Waals surface area contributed by atoms with E-state index in [2.05, 4.69) is 4.90 Å². The van der Waals surface area contributed by atoms with Gasteiger partial charge in [-0.3, -0.25) is 0 Å². The molecule has 138 valence electrons. The molecule has 2 aromatic carbocycles. The highest BCUT2D eigenvalue weighted by Crippen LogP contribution is 2.38. The highest BCUT2D eigenvalue weighted by atomic mass is 35.5. The summed E-state index contributed by atoms with van der Waals surface area (Å²) in [6.45, 7) is 4.52. The Balaban J connectivity index is 1.83. The number of rotatable bonds is 6. The second-order valence-electron chi connectivity index (χ2n) is 6.14. The third-order valence-electron chi connectivity index (χ3n) is 4.22. The third-order valence-corrected chi connectivity index (χ3v) is 5.00. The van der Waals surface area contributed by atoms with E-state index in [0.717, 1.165) is 42.0 Å². The SMILES string of the molecule is CCOc1cc(C(=S)N2CCCC2)cc(Cl)c1OCc1cccc(F)c1. The van der Waals surface area contributed by atoms with Crippen molar-refractivity contribution < 1.29 is 13.9 Å². The molecule has 26 heavy (non-hydrogen) atoms. The lowest BCUT2D eigenvalue weighted by molar-refractivity contribution is 0.269. The Morgan fingerprint density at radius 1 is 1.19 bits per heavy atom. The molecule has 1 heterocycles. The average molecular weight is 394 g/mol. The lowest BCUT2D eigenvalue weighted by atomic mass is 10.1. The summed E-state index contributed by atoms with van der Waals surface area (Å²) < 4.78 is 24.9. The van der Waals surface area contributed by atoms with E-state index >= 15 is 0 Å². The highest BCUT2D eigenvalue weighted by Gasteiger charge is 2.20. The van der Waals surface area contributed by atoms with Crippen molar-refractivity contribution in [2.24, 2.45) is 0 Å². The first-order valence-corrected chi connectivity index (χ1v) is 9.50. The molecule has 0 radical (unpaired) electrons. The number of benzene rings is 2. The second-order valence-corrected chi connectivity index (χ2v) is 6.93. The first-order valence-electron chi connectivity index (χ1n) is 8.71. The average Bonchev–Trinajstić information content (AvgIpc) is 3.15. The Hall–Kier alpha value is -1.85. The monoisotopic (exact) mass is 393 g/mol. The Bertz CT molecular complexity index is 793. The van der Waals surface area contributed by atoms with E-state index in [1.54, 1.807) is 12.1 Å². The van der Waals surface area contributed by atoms with Gasteiger partial charge in [0.05, 0.1) is 11.6 Å². The molecule has 3 nitrogen and oxygen atoms in total. The van der Waals surface area contributed by atoms with Gasteiger partial charge in [0, 0.05) is 18.7 Å². The van der Waals surface area contributed by atoms with Gasteiger partial charge in [-0.2, -0.15) is 0 Å². The minimum Gasteiger partial charge on any atom is -0.490 e. The summed E-state index contributed by atoms with van der Waals surface area (Å²) in [4.78, 5) is 2.96. The first kappa shape index (κ1) is 18.9. The summed E-state index contributed by atoms with van der Waals surface area (Å²) >= 11 is 12.1. The first-order chi connectivity index (χ1) is 12.6. The molecular formula is C20H21ClFNO2S. The number of hydrogen-bond donors (Lipinski definition) is 0. The van der Waals surface area contributed by atoms with Gasteiger partial charge in [0.1, 0.15) is 17.4 Å². The molecule has 0 bridgehead atoms. The van der Waals surface area contributed by atoms with Crippen LogP contribution < -0.4 is 9.47 Å². The van der Waals surface area contributed by atoms with Gasteiger partial charge in [-0.05, 0) is 49.6 Å². The number of ether oxygens (including phenoxy) is 2. The molecule has 0 atom stereocenters. The van der Waals surface area contributed by atoms with Crippen molar-refractivity contribution in [2.45, 2.75) is 26.4 Å². The Kier molecular flexibility index (Phi) is 6.33. The van der Waals surface area contributed by atoms with Gasteiger partial charge in [0.25, 0.3) is 0 Å². The van der Waals surface area contributed by atoms with Crippen molar-refractivity contribution in [2.75, 3.05) is 19.7 Å². The summed E-state index contributed by atoms with van der Waals surface area (Å²) in [5, 5.41) is 0.434. The molecule has 0 saturated carbocycles. The fourth-order valence-corrected chi connectivity index (χ4v) is 3.55. The third kappa shape index (κ3) is 4.46. The van der Waals surface area contributed by atoms with Crippen molar-refractivity contribution in [1.82, 2.24) is 4.90 Å². The molecule has 6 heteroatoms. The van der Waals surface area contributed by atoms with E-state index in [9.17, 15) is 4.39 Å². The second kappa shape index (κ2) is 8.69. The van der Waals surface area contributed by atoms with E-state index in [0.29, 0.717) is 23.1 Å². The molecule has 0 aromatic heterocycles. The van der Waals surface area contributed by atoms with Crippen LogP contribution in [0, 0.1) is 5.82 Å². The molecule has 0 unspecified atom stereocenters. The molecule has 0 amide bonds. The number of hydrogen-bond acceptors (Lipinski definition) is 3. The predicted octanol–water partition coefficient (Wildman–Crippen LogP) is 5.23. The van der Waals surface area contributed by atoms with Gasteiger partial charge in [-0.15, -0.1) is 0 Å². The normalized spacial score (nSPS) is 13.7. The Morgan fingerprint density at radius 2 is 1.96 bits per heavy atom. The van der Waals surface area contributed by atoms with E-state index in [-0.39, 0.29) is 12.4 Å². The van der Waals surface area contributed by atoms with E-state index in [1.807, 2.05) is 19.1 Å². The van der Waals surface area contributed by atoms with Crippen LogP contribution in [0.3, 0.4) is 0 Å². The van der Waals surface area contributed by atoms with Gasteiger partial charge >= 0.3 is 0 Å². The zero-order valence-corrected chi connectivity index (χ0v) is 16.2. The van der Waals surface area contributed by atoms with Crippen LogP contribution in [0.25, 0.3) is 0 Å². The molecule has 1 saturated heterocycles. The smallest absolute Gasteiger partial charge is 0.180 e. The van der Waals surface area contributed by atoms with E-state index < -0.39 is 0 Å². The zero-order chi connectivity index (χ0) is 18.5.